The molecule has 0 spiro atoms. The summed E-state index contributed by atoms with van der Waals surface area (Å²) in [5, 5.41) is 1.13. The normalized spacial score (nSPS) is 14.6. The molecule has 0 amide bonds. The number of fused-ring (bicyclic) bond motifs is 1. The van der Waals surface area contributed by atoms with Crippen LogP contribution in [0, 0.1) is 0 Å². The van der Waals surface area contributed by atoms with E-state index in [0.29, 0.717) is 0 Å². The van der Waals surface area contributed by atoms with E-state index in [-0.39, 0.29) is 0 Å². The van der Waals surface area contributed by atoms with Crippen molar-refractivity contribution in [1.29, 1.82) is 0 Å². The van der Waals surface area contributed by atoms with Crippen LogP contribution in [0.3, 0.4) is 0 Å². The highest BCUT2D eigenvalue weighted by Gasteiger charge is 2.18. The molecule has 3 aromatic heterocycles. The fourth-order valence-electron chi connectivity index (χ4n) is 3.65. The van der Waals surface area contributed by atoms with Gasteiger partial charge in [-0.05, 0) is 23.8 Å². The molecule has 1 aliphatic heterocycles. The number of H-pyrrole nitrogens is 1. The molecule has 0 unspecified atom stereocenters. The van der Waals surface area contributed by atoms with Gasteiger partial charge in [0.1, 0.15) is 5.82 Å². The van der Waals surface area contributed by atoms with E-state index in [1.807, 2.05) is 36.8 Å². The lowest BCUT2D eigenvalue weighted by Gasteiger charge is -2.27. The van der Waals surface area contributed by atoms with E-state index in [0.717, 1.165) is 65.4 Å². The van der Waals surface area contributed by atoms with Gasteiger partial charge >= 0.3 is 0 Å². The zero-order chi connectivity index (χ0) is 18.1. The third kappa shape index (κ3) is 2.96. The van der Waals surface area contributed by atoms with Crippen LogP contribution in [0.25, 0.3) is 33.3 Å². The number of morpholine rings is 1. The Morgan fingerprint density at radius 3 is 2.48 bits per heavy atom. The van der Waals surface area contributed by atoms with Gasteiger partial charge in [-0.25, -0.2) is 0 Å². The third-order valence-corrected chi connectivity index (χ3v) is 5.04. The first-order chi connectivity index (χ1) is 13.4. The second-order valence-corrected chi connectivity index (χ2v) is 6.67. The minimum absolute atomic E-state index is 0.760. The van der Waals surface area contributed by atoms with Gasteiger partial charge in [-0.2, -0.15) is 0 Å². The molecule has 4 aromatic rings. The van der Waals surface area contributed by atoms with Crippen molar-refractivity contribution in [3.63, 3.8) is 0 Å². The summed E-state index contributed by atoms with van der Waals surface area (Å²) in [6, 6.07) is 16.6. The van der Waals surface area contributed by atoms with Gasteiger partial charge in [-0.3, -0.25) is 9.97 Å². The average molecular weight is 356 g/mol. The van der Waals surface area contributed by atoms with Crippen LogP contribution in [0.1, 0.15) is 0 Å². The van der Waals surface area contributed by atoms with Gasteiger partial charge in [-0.1, -0.05) is 30.3 Å². The number of ether oxygens (including phenoxy) is 1. The van der Waals surface area contributed by atoms with Crippen molar-refractivity contribution < 1.29 is 4.74 Å². The molecular formula is C22H20N4O. The van der Waals surface area contributed by atoms with Crippen LogP contribution in [0.4, 0.5) is 5.82 Å². The number of aromatic nitrogens is 3. The van der Waals surface area contributed by atoms with Crippen LogP contribution in [0.2, 0.25) is 0 Å². The van der Waals surface area contributed by atoms with Crippen molar-refractivity contribution in [3.8, 4) is 22.4 Å². The first-order valence-electron chi connectivity index (χ1n) is 9.20. The topological polar surface area (TPSA) is 54.0 Å². The summed E-state index contributed by atoms with van der Waals surface area (Å²) >= 11 is 0. The summed E-state index contributed by atoms with van der Waals surface area (Å²) in [6.07, 6.45) is 5.58. The smallest absolute Gasteiger partial charge is 0.107 e. The molecule has 1 aliphatic rings. The number of nitrogens with one attached hydrogen (secondary N) is 1. The largest absolute Gasteiger partial charge is 0.378 e. The Labute approximate surface area is 157 Å². The molecule has 5 nitrogen and oxygen atoms in total. The summed E-state index contributed by atoms with van der Waals surface area (Å²) in [5.41, 5.74) is 5.43. The van der Waals surface area contributed by atoms with E-state index in [1.54, 1.807) is 0 Å². The molecule has 1 N–H and O–H groups in total. The minimum atomic E-state index is 0.760. The predicted molar refractivity (Wildman–Crippen MR) is 108 cm³/mol. The van der Waals surface area contributed by atoms with Gasteiger partial charge in [0, 0.05) is 48.2 Å². The number of benzene rings is 1. The number of anilines is 1. The van der Waals surface area contributed by atoms with E-state index in [4.69, 9.17) is 9.72 Å². The minimum Gasteiger partial charge on any atom is -0.378 e. The molecule has 0 atom stereocenters. The molecule has 0 saturated carbocycles. The van der Waals surface area contributed by atoms with Crippen LogP contribution in [-0.4, -0.2) is 41.3 Å². The number of pyridine rings is 2. The number of hydrogen-bond acceptors (Lipinski definition) is 4. The highest BCUT2D eigenvalue weighted by Crippen LogP contribution is 2.36. The predicted octanol–water partition coefficient (Wildman–Crippen LogP) is 4.13. The van der Waals surface area contributed by atoms with E-state index in [1.165, 1.54) is 0 Å². The molecule has 1 aromatic carbocycles. The fourth-order valence-corrected chi connectivity index (χ4v) is 3.65. The summed E-state index contributed by atoms with van der Waals surface area (Å²) in [5.74, 6) is 1.12. The molecule has 5 heteroatoms. The van der Waals surface area contributed by atoms with Gasteiger partial charge in [0.25, 0.3) is 0 Å². The van der Waals surface area contributed by atoms with Crippen molar-refractivity contribution in [2.45, 2.75) is 0 Å². The van der Waals surface area contributed by atoms with Crippen molar-refractivity contribution in [2.24, 2.45) is 0 Å². The van der Waals surface area contributed by atoms with Gasteiger partial charge in [0.05, 0.1) is 24.4 Å². The van der Waals surface area contributed by atoms with Gasteiger partial charge < -0.3 is 14.6 Å². The van der Waals surface area contributed by atoms with Gasteiger partial charge in [-0.15, -0.1) is 0 Å². The Morgan fingerprint density at radius 1 is 0.926 bits per heavy atom. The molecule has 27 heavy (non-hydrogen) atoms. The van der Waals surface area contributed by atoms with Gasteiger partial charge in [0.2, 0.25) is 0 Å². The van der Waals surface area contributed by atoms with E-state index < -0.39 is 0 Å². The SMILES string of the molecule is c1ccc(-c2cnc(-c3ccncc3)c3cc(N4CCOCC4)[nH]c23)cc1. The molecule has 5 rings (SSSR count). The molecule has 4 heterocycles. The standard InChI is InChI=1S/C22H20N4O/c1-2-4-16(5-3-1)19-15-24-21(17-6-8-23-9-7-17)18-14-20(25-22(18)19)26-10-12-27-13-11-26/h1-9,14-15,25H,10-13H2. The highest BCUT2D eigenvalue weighted by molar-refractivity contribution is 6.03. The van der Waals surface area contributed by atoms with Crippen LogP contribution in [0.5, 0.6) is 0 Å². The molecule has 0 bridgehead atoms. The first-order valence-corrected chi connectivity index (χ1v) is 9.20. The zero-order valence-electron chi connectivity index (χ0n) is 14.9. The maximum atomic E-state index is 5.51. The van der Waals surface area contributed by atoms with Crippen LogP contribution < -0.4 is 4.90 Å². The monoisotopic (exact) mass is 356 g/mol. The van der Waals surface area contributed by atoms with Crippen molar-refractivity contribution in [3.05, 3.63) is 67.1 Å². The average Bonchev–Trinajstić information content (AvgIpc) is 3.20. The Kier molecular flexibility index (Phi) is 4.07. The lowest BCUT2D eigenvalue weighted by molar-refractivity contribution is 0.122. The Morgan fingerprint density at radius 2 is 1.70 bits per heavy atom. The van der Waals surface area contributed by atoms with Crippen molar-refractivity contribution in [2.75, 3.05) is 31.2 Å². The zero-order valence-corrected chi connectivity index (χ0v) is 14.9. The first kappa shape index (κ1) is 16.0. The number of nitrogens with zero attached hydrogens (tertiary/aromatic N) is 3. The van der Waals surface area contributed by atoms with E-state index in [9.17, 15) is 0 Å². The van der Waals surface area contributed by atoms with Crippen LogP contribution >= 0.6 is 0 Å². The summed E-state index contributed by atoms with van der Waals surface area (Å²) in [4.78, 5) is 15.0. The summed E-state index contributed by atoms with van der Waals surface area (Å²) in [6.45, 7) is 3.31. The summed E-state index contributed by atoms with van der Waals surface area (Å²) < 4.78 is 5.51. The molecular weight excluding hydrogens is 336 g/mol. The second-order valence-electron chi connectivity index (χ2n) is 6.67. The third-order valence-electron chi connectivity index (χ3n) is 5.04. The summed E-state index contributed by atoms with van der Waals surface area (Å²) in [7, 11) is 0. The molecule has 1 saturated heterocycles. The highest BCUT2D eigenvalue weighted by atomic mass is 16.5. The van der Waals surface area contributed by atoms with Crippen LogP contribution in [-0.2, 0) is 4.74 Å². The van der Waals surface area contributed by atoms with Crippen LogP contribution in [0.15, 0.2) is 67.1 Å². The van der Waals surface area contributed by atoms with Crippen molar-refractivity contribution in [1.82, 2.24) is 15.0 Å². The van der Waals surface area contributed by atoms with E-state index >= 15 is 0 Å². The maximum Gasteiger partial charge on any atom is 0.107 e. The lowest BCUT2D eigenvalue weighted by atomic mass is 10.0. The van der Waals surface area contributed by atoms with Crippen molar-refractivity contribution >= 4 is 16.7 Å². The van der Waals surface area contributed by atoms with Gasteiger partial charge in [0.15, 0.2) is 0 Å². The number of rotatable bonds is 3. The molecule has 1 fully saturated rings. The molecule has 134 valence electrons. The molecule has 0 aliphatic carbocycles. The Balaban J connectivity index is 1.72. The number of aromatic amines is 1. The second kappa shape index (κ2) is 6.85. The Hall–Kier alpha value is -3.18. The Bertz CT molecular complexity index is 977. The fraction of sp³-hybridized carbons (Fsp3) is 0.182. The molecule has 0 radical (unpaired) electrons. The quantitative estimate of drug-likeness (QED) is 0.600. The van der Waals surface area contributed by atoms with E-state index in [2.05, 4.69) is 45.2 Å². The lowest BCUT2D eigenvalue weighted by Crippen LogP contribution is -2.36. The maximum absolute atomic E-state index is 5.51. The number of hydrogen-bond donors (Lipinski definition) is 1.